The zero-order chi connectivity index (χ0) is 13.7. The number of aromatic nitrogens is 1. The number of hydrogen-bond donors (Lipinski definition) is 0. The fourth-order valence-electron chi connectivity index (χ4n) is 3.15. The van der Waals surface area contributed by atoms with Crippen molar-refractivity contribution in [2.75, 3.05) is 0 Å². The minimum atomic E-state index is 1.11. The van der Waals surface area contributed by atoms with Gasteiger partial charge in [0.25, 0.3) is 0 Å². The lowest BCUT2D eigenvalue weighted by atomic mass is 9.92. The molecule has 0 spiro atoms. The predicted molar refractivity (Wildman–Crippen MR) is 86.2 cm³/mol. The summed E-state index contributed by atoms with van der Waals surface area (Å²) in [6.07, 6.45) is 1.89. The molecule has 1 nitrogen and oxygen atoms in total. The molecule has 0 N–H and O–H groups in total. The first-order valence-electron chi connectivity index (χ1n) is 6.93. The van der Waals surface area contributed by atoms with Crippen molar-refractivity contribution in [1.82, 2.24) is 4.98 Å². The molecule has 0 aliphatic heterocycles. The number of fused-ring (bicyclic) bond motifs is 5. The third-order valence-electron chi connectivity index (χ3n) is 4.34. The van der Waals surface area contributed by atoms with Gasteiger partial charge in [-0.25, -0.2) is 0 Å². The molecule has 20 heavy (non-hydrogen) atoms. The maximum absolute atomic E-state index is 4.66. The molecule has 0 bridgehead atoms. The first-order chi connectivity index (χ1) is 9.77. The normalized spacial score (nSPS) is 11.5. The van der Waals surface area contributed by atoms with Crippen LogP contribution in [-0.4, -0.2) is 4.98 Å². The van der Waals surface area contributed by atoms with E-state index >= 15 is 0 Å². The summed E-state index contributed by atoms with van der Waals surface area (Å²) in [5.41, 5.74) is 3.80. The smallest absolute Gasteiger partial charge is 0.0789 e. The van der Waals surface area contributed by atoms with Crippen molar-refractivity contribution in [3.05, 3.63) is 65.9 Å². The molecule has 1 heteroatoms. The maximum atomic E-state index is 4.66. The Balaban J connectivity index is 2.42. The molecular formula is C19H15N. The molecule has 0 saturated heterocycles. The van der Waals surface area contributed by atoms with Crippen LogP contribution in [0.1, 0.15) is 11.1 Å². The van der Waals surface area contributed by atoms with E-state index in [4.69, 9.17) is 0 Å². The summed E-state index contributed by atoms with van der Waals surface area (Å²) in [6, 6.07) is 17.2. The molecule has 3 aromatic carbocycles. The van der Waals surface area contributed by atoms with Crippen molar-refractivity contribution in [2.24, 2.45) is 0 Å². The van der Waals surface area contributed by atoms with Crippen LogP contribution in [0.5, 0.6) is 0 Å². The Bertz CT molecular complexity index is 967. The molecule has 0 atom stereocenters. The molecule has 0 aliphatic rings. The molecule has 4 aromatic rings. The number of nitrogens with zero attached hydrogens (tertiary/aromatic N) is 1. The lowest BCUT2D eigenvalue weighted by Gasteiger charge is -2.13. The van der Waals surface area contributed by atoms with Crippen LogP contribution >= 0.6 is 0 Å². The van der Waals surface area contributed by atoms with Crippen molar-refractivity contribution >= 4 is 32.4 Å². The Morgan fingerprint density at radius 3 is 2.35 bits per heavy atom. The second-order valence-electron chi connectivity index (χ2n) is 5.36. The lowest BCUT2D eigenvalue weighted by molar-refractivity contribution is 1.37. The van der Waals surface area contributed by atoms with Gasteiger partial charge in [0.05, 0.1) is 5.52 Å². The van der Waals surface area contributed by atoms with Gasteiger partial charge >= 0.3 is 0 Å². The quantitative estimate of drug-likeness (QED) is 0.397. The van der Waals surface area contributed by atoms with Gasteiger partial charge in [0.2, 0.25) is 0 Å². The largest absolute Gasteiger partial charge is 0.256 e. The second-order valence-corrected chi connectivity index (χ2v) is 5.36. The molecule has 0 aliphatic carbocycles. The summed E-state index contributed by atoms with van der Waals surface area (Å²) >= 11 is 0. The highest BCUT2D eigenvalue weighted by Gasteiger charge is 2.11. The summed E-state index contributed by atoms with van der Waals surface area (Å²) in [6.45, 7) is 4.40. The van der Waals surface area contributed by atoms with Crippen molar-refractivity contribution < 1.29 is 0 Å². The number of hydrogen-bond acceptors (Lipinski definition) is 1. The van der Waals surface area contributed by atoms with E-state index in [1.54, 1.807) is 0 Å². The zero-order valence-electron chi connectivity index (χ0n) is 11.6. The summed E-state index contributed by atoms with van der Waals surface area (Å²) in [7, 11) is 0. The third kappa shape index (κ3) is 1.41. The summed E-state index contributed by atoms with van der Waals surface area (Å²) in [4.78, 5) is 4.66. The minimum Gasteiger partial charge on any atom is -0.256 e. The molecule has 0 saturated carbocycles. The highest BCUT2D eigenvalue weighted by atomic mass is 14.6. The van der Waals surface area contributed by atoms with Gasteiger partial charge in [-0.15, -0.1) is 0 Å². The van der Waals surface area contributed by atoms with Gasteiger partial charge in [-0.2, -0.15) is 0 Å². The Morgan fingerprint density at radius 1 is 0.700 bits per heavy atom. The average Bonchev–Trinajstić information content (AvgIpc) is 2.51. The Morgan fingerprint density at radius 2 is 1.45 bits per heavy atom. The van der Waals surface area contributed by atoms with Crippen LogP contribution in [0.3, 0.4) is 0 Å². The topological polar surface area (TPSA) is 12.9 Å². The lowest BCUT2D eigenvalue weighted by Crippen LogP contribution is -1.91. The van der Waals surface area contributed by atoms with Gasteiger partial charge in [0, 0.05) is 17.0 Å². The van der Waals surface area contributed by atoms with E-state index in [0.29, 0.717) is 0 Å². The van der Waals surface area contributed by atoms with Crippen LogP contribution < -0.4 is 0 Å². The minimum absolute atomic E-state index is 1.11. The highest BCUT2D eigenvalue weighted by Crippen LogP contribution is 2.35. The van der Waals surface area contributed by atoms with Crippen LogP contribution in [-0.2, 0) is 0 Å². The maximum Gasteiger partial charge on any atom is 0.0789 e. The molecule has 1 aromatic heterocycles. The van der Waals surface area contributed by atoms with Crippen molar-refractivity contribution in [1.29, 1.82) is 0 Å². The molecule has 96 valence electrons. The van der Waals surface area contributed by atoms with Gasteiger partial charge in [0.1, 0.15) is 0 Å². The SMILES string of the molecule is Cc1c(C)c2ccc3ccccc3c2c2ncccc12. The number of pyridine rings is 1. The molecule has 0 amide bonds. The zero-order valence-corrected chi connectivity index (χ0v) is 11.6. The molecule has 0 radical (unpaired) electrons. The molecule has 0 fully saturated rings. The number of aryl methyl sites for hydroxylation is 2. The fraction of sp³-hybridized carbons (Fsp3) is 0.105. The Kier molecular flexibility index (Phi) is 2.31. The number of rotatable bonds is 0. The van der Waals surface area contributed by atoms with E-state index in [1.807, 2.05) is 12.3 Å². The fourth-order valence-corrected chi connectivity index (χ4v) is 3.15. The first-order valence-corrected chi connectivity index (χ1v) is 6.93. The molecule has 0 unspecified atom stereocenters. The third-order valence-corrected chi connectivity index (χ3v) is 4.34. The van der Waals surface area contributed by atoms with Gasteiger partial charge < -0.3 is 0 Å². The van der Waals surface area contributed by atoms with Crippen LogP contribution in [0.4, 0.5) is 0 Å². The van der Waals surface area contributed by atoms with Crippen LogP contribution in [0.25, 0.3) is 32.4 Å². The number of benzene rings is 3. The summed E-state index contributed by atoms with van der Waals surface area (Å²) in [5.74, 6) is 0. The Hall–Kier alpha value is -2.41. The molecular weight excluding hydrogens is 242 g/mol. The van der Waals surface area contributed by atoms with Gasteiger partial charge in [-0.05, 0) is 47.2 Å². The van der Waals surface area contributed by atoms with E-state index in [2.05, 4.69) is 61.3 Å². The van der Waals surface area contributed by atoms with Crippen molar-refractivity contribution in [2.45, 2.75) is 13.8 Å². The van der Waals surface area contributed by atoms with Gasteiger partial charge in [0.15, 0.2) is 0 Å². The van der Waals surface area contributed by atoms with E-state index in [9.17, 15) is 0 Å². The van der Waals surface area contributed by atoms with E-state index < -0.39 is 0 Å². The van der Waals surface area contributed by atoms with Crippen LogP contribution in [0.15, 0.2) is 54.7 Å². The monoisotopic (exact) mass is 257 g/mol. The van der Waals surface area contributed by atoms with E-state index in [-0.39, 0.29) is 0 Å². The summed E-state index contributed by atoms with van der Waals surface area (Å²) < 4.78 is 0. The van der Waals surface area contributed by atoms with Gasteiger partial charge in [-0.3, -0.25) is 4.98 Å². The van der Waals surface area contributed by atoms with E-state index in [1.165, 1.54) is 38.1 Å². The molecule has 4 rings (SSSR count). The summed E-state index contributed by atoms with van der Waals surface area (Å²) in [5, 5.41) is 6.41. The highest BCUT2D eigenvalue weighted by molar-refractivity contribution is 6.20. The van der Waals surface area contributed by atoms with E-state index in [0.717, 1.165) is 5.52 Å². The standard InChI is InChI=1S/C19H15N/c1-12-13(2)16-8-5-11-20-19(16)18-15(12)10-9-14-6-3-4-7-17(14)18/h3-11H,1-2H3. The van der Waals surface area contributed by atoms with Crippen LogP contribution in [0, 0.1) is 13.8 Å². The Labute approximate surface area is 117 Å². The van der Waals surface area contributed by atoms with Crippen molar-refractivity contribution in [3.8, 4) is 0 Å². The average molecular weight is 257 g/mol. The molecule has 1 heterocycles. The van der Waals surface area contributed by atoms with Crippen LogP contribution in [0.2, 0.25) is 0 Å². The van der Waals surface area contributed by atoms with Gasteiger partial charge in [-0.1, -0.05) is 42.5 Å². The second kappa shape index (κ2) is 4.04. The van der Waals surface area contributed by atoms with Crippen molar-refractivity contribution in [3.63, 3.8) is 0 Å². The first kappa shape index (κ1) is 11.4. The predicted octanol–water partition coefficient (Wildman–Crippen LogP) is 5.16.